The lowest BCUT2D eigenvalue weighted by atomic mass is 9.67. The third kappa shape index (κ3) is 6.66. The Morgan fingerprint density at radius 1 is 1.39 bits per heavy atom. The van der Waals surface area contributed by atoms with Gasteiger partial charge in [-0.2, -0.15) is 0 Å². The number of nitrogens with zero attached hydrogens (tertiary/aromatic N) is 3. The lowest BCUT2D eigenvalue weighted by Crippen LogP contribution is -2.41. The first kappa shape index (κ1) is 20.2. The predicted molar refractivity (Wildman–Crippen MR) is 104 cm³/mol. The number of methoxy groups -OCH3 is 1. The van der Waals surface area contributed by atoms with Crippen LogP contribution in [-0.4, -0.2) is 48.9 Å². The highest BCUT2D eigenvalue weighted by Gasteiger charge is 2.36. The Bertz CT molecular complexity index is 445. The molecule has 1 heterocycles. The van der Waals surface area contributed by atoms with Gasteiger partial charge < -0.3 is 19.9 Å². The van der Waals surface area contributed by atoms with Crippen LogP contribution >= 0.6 is 24.0 Å². The van der Waals surface area contributed by atoms with E-state index in [1.54, 1.807) is 13.3 Å². The zero-order valence-corrected chi connectivity index (χ0v) is 16.6. The summed E-state index contributed by atoms with van der Waals surface area (Å²) in [5, 5.41) is 6.72. The minimum Gasteiger partial charge on any atom is -0.385 e. The van der Waals surface area contributed by atoms with Gasteiger partial charge in [-0.1, -0.05) is 6.42 Å². The lowest BCUT2D eigenvalue weighted by molar-refractivity contribution is 0.0778. The van der Waals surface area contributed by atoms with Gasteiger partial charge >= 0.3 is 0 Å². The number of imidazole rings is 1. The largest absolute Gasteiger partial charge is 0.385 e. The van der Waals surface area contributed by atoms with E-state index >= 15 is 0 Å². The van der Waals surface area contributed by atoms with Crippen LogP contribution in [0.4, 0.5) is 0 Å². The van der Waals surface area contributed by atoms with Crippen LogP contribution < -0.4 is 10.6 Å². The molecule has 1 aliphatic rings. The van der Waals surface area contributed by atoms with E-state index in [0.29, 0.717) is 5.41 Å². The Morgan fingerprint density at radius 2 is 2.22 bits per heavy atom. The zero-order chi connectivity index (χ0) is 15.7. The number of halogens is 1. The second-order valence-electron chi connectivity index (χ2n) is 6.02. The molecule has 0 saturated heterocycles. The van der Waals surface area contributed by atoms with Crippen molar-refractivity contribution in [3.8, 4) is 0 Å². The number of guanidine groups is 1. The molecule has 1 saturated carbocycles. The van der Waals surface area contributed by atoms with Crippen LogP contribution in [0.1, 0.15) is 32.6 Å². The standard InChI is InChI=1S/C16H29N5O.HI/c1-3-18-15(19-9-11-21-10-8-17-14-21)20-13-16(5-4-6-16)7-12-22-2;/h8,10,14H,3-7,9,11-13H2,1-2H3,(H2,18,19,20);1H. The second kappa shape index (κ2) is 10.9. The summed E-state index contributed by atoms with van der Waals surface area (Å²) >= 11 is 0. The van der Waals surface area contributed by atoms with Gasteiger partial charge in [0.15, 0.2) is 5.96 Å². The van der Waals surface area contributed by atoms with E-state index in [-0.39, 0.29) is 24.0 Å². The van der Waals surface area contributed by atoms with E-state index in [1.165, 1.54) is 19.3 Å². The molecule has 1 aromatic rings. The second-order valence-corrected chi connectivity index (χ2v) is 6.02. The summed E-state index contributed by atoms with van der Waals surface area (Å²) < 4.78 is 7.30. The molecule has 7 heteroatoms. The summed E-state index contributed by atoms with van der Waals surface area (Å²) in [6.07, 6.45) is 10.6. The van der Waals surface area contributed by atoms with Gasteiger partial charge in [-0.3, -0.25) is 4.99 Å². The Kier molecular flexibility index (Phi) is 9.54. The van der Waals surface area contributed by atoms with E-state index in [9.17, 15) is 0 Å². The van der Waals surface area contributed by atoms with Crippen molar-refractivity contribution in [3.63, 3.8) is 0 Å². The average molecular weight is 435 g/mol. The molecular formula is C16H30IN5O. The summed E-state index contributed by atoms with van der Waals surface area (Å²) in [6.45, 7) is 6.42. The molecule has 0 radical (unpaired) electrons. The highest BCUT2D eigenvalue weighted by molar-refractivity contribution is 14.0. The van der Waals surface area contributed by atoms with Gasteiger partial charge in [0.1, 0.15) is 0 Å². The molecule has 0 aromatic carbocycles. The average Bonchev–Trinajstić information content (AvgIpc) is 2.99. The van der Waals surface area contributed by atoms with E-state index in [2.05, 4.69) is 27.1 Å². The molecule has 1 fully saturated rings. The quantitative estimate of drug-likeness (QED) is 0.355. The summed E-state index contributed by atoms with van der Waals surface area (Å²) in [4.78, 5) is 8.84. The molecule has 1 aliphatic carbocycles. The highest BCUT2D eigenvalue weighted by Crippen LogP contribution is 2.44. The van der Waals surface area contributed by atoms with Gasteiger partial charge in [-0.15, -0.1) is 24.0 Å². The number of ether oxygens (including phenoxy) is 1. The van der Waals surface area contributed by atoms with Gasteiger partial charge in [0, 0.05) is 52.3 Å². The summed E-state index contributed by atoms with van der Waals surface area (Å²) in [5.74, 6) is 0.909. The first-order valence-corrected chi connectivity index (χ1v) is 8.25. The van der Waals surface area contributed by atoms with Crippen molar-refractivity contribution >= 4 is 29.9 Å². The van der Waals surface area contributed by atoms with Crippen LogP contribution in [0.15, 0.2) is 23.7 Å². The minimum absolute atomic E-state index is 0. The topological polar surface area (TPSA) is 63.5 Å². The van der Waals surface area contributed by atoms with Crippen LogP contribution in [0.5, 0.6) is 0 Å². The first-order valence-electron chi connectivity index (χ1n) is 8.25. The fourth-order valence-electron chi connectivity index (χ4n) is 2.79. The molecule has 2 N–H and O–H groups in total. The molecule has 0 amide bonds. The van der Waals surface area contributed by atoms with Crippen molar-refractivity contribution in [2.75, 3.05) is 33.4 Å². The summed E-state index contributed by atoms with van der Waals surface area (Å²) in [5.41, 5.74) is 0.364. The van der Waals surface area contributed by atoms with Crippen LogP contribution in [-0.2, 0) is 11.3 Å². The zero-order valence-electron chi connectivity index (χ0n) is 14.3. The monoisotopic (exact) mass is 435 g/mol. The van der Waals surface area contributed by atoms with E-state index in [1.807, 2.05) is 12.5 Å². The molecule has 0 unspecified atom stereocenters. The van der Waals surface area contributed by atoms with Crippen LogP contribution in [0.3, 0.4) is 0 Å². The van der Waals surface area contributed by atoms with Crippen molar-refractivity contribution in [1.29, 1.82) is 0 Å². The molecule has 132 valence electrons. The number of hydrogen-bond donors (Lipinski definition) is 2. The van der Waals surface area contributed by atoms with Gasteiger partial charge in [0.25, 0.3) is 0 Å². The number of nitrogens with one attached hydrogen (secondary N) is 2. The maximum atomic E-state index is 5.25. The minimum atomic E-state index is 0. The Morgan fingerprint density at radius 3 is 2.78 bits per heavy atom. The maximum Gasteiger partial charge on any atom is 0.191 e. The van der Waals surface area contributed by atoms with Crippen LogP contribution in [0.2, 0.25) is 0 Å². The van der Waals surface area contributed by atoms with E-state index in [0.717, 1.165) is 45.2 Å². The molecule has 1 aromatic heterocycles. The SMILES string of the molecule is CCNC(=NCC1(CCOC)CCC1)NCCn1ccnc1.I. The molecule has 0 atom stereocenters. The number of aliphatic imine (C=N–C) groups is 1. The van der Waals surface area contributed by atoms with Crippen molar-refractivity contribution in [1.82, 2.24) is 20.2 Å². The normalized spacial score (nSPS) is 16.3. The Balaban J connectivity index is 0.00000264. The molecule has 0 aliphatic heterocycles. The molecular weight excluding hydrogens is 405 g/mol. The molecule has 23 heavy (non-hydrogen) atoms. The first-order chi connectivity index (χ1) is 10.8. The highest BCUT2D eigenvalue weighted by atomic mass is 127. The number of rotatable bonds is 9. The summed E-state index contributed by atoms with van der Waals surface area (Å²) in [7, 11) is 1.78. The molecule has 0 bridgehead atoms. The van der Waals surface area contributed by atoms with E-state index < -0.39 is 0 Å². The van der Waals surface area contributed by atoms with Crippen molar-refractivity contribution < 1.29 is 4.74 Å². The number of aromatic nitrogens is 2. The van der Waals surface area contributed by atoms with Gasteiger partial charge in [0.2, 0.25) is 0 Å². The number of hydrogen-bond acceptors (Lipinski definition) is 3. The van der Waals surface area contributed by atoms with Gasteiger partial charge in [-0.25, -0.2) is 4.98 Å². The van der Waals surface area contributed by atoms with Crippen molar-refractivity contribution in [2.24, 2.45) is 10.4 Å². The van der Waals surface area contributed by atoms with Gasteiger partial charge in [0.05, 0.1) is 6.33 Å². The molecule has 2 rings (SSSR count). The fraction of sp³-hybridized carbons (Fsp3) is 0.750. The third-order valence-corrected chi connectivity index (χ3v) is 4.39. The molecule has 6 nitrogen and oxygen atoms in total. The lowest BCUT2D eigenvalue weighted by Gasteiger charge is -2.40. The summed E-state index contributed by atoms with van der Waals surface area (Å²) in [6, 6.07) is 0. The van der Waals surface area contributed by atoms with Crippen LogP contribution in [0, 0.1) is 5.41 Å². The van der Waals surface area contributed by atoms with Crippen molar-refractivity contribution in [3.05, 3.63) is 18.7 Å². The van der Waals surface area contributed by atoms with Crippen molar-refractivity contribution in [2.45, 2.75) is 39.2 Å². The Hall–Kier alpha value is -0.830. The van der Waals surface area contributed by atoms with Gasteiger partial charge in [-0.05, 0) is 31.6 Å². The Labute approximate surface area is 156 Å². The predicted octanol–water partition coefficient (Wildman–Crippen LogP) is 2.26. The maximum absolute atomic E-state index is 5.25. The van der Waals surface area contributed by atoms with E-state index in [4.69, 9.17) is 9.73 Å². The fourth-order valence-corrected chi connectivity index (χ4v) is 2.79. The smallest absolute Gasteiger partial charge is 0.191 e. The third-order valence-electron chi connectivity index (χ3n) is 4.39. The van der Waals surface area contributed by atoms with Crippen LogP contribution in [0.25, 0.3) is 0 Å². The molecule has 0 spiro atoms.